The van der Waals surface area contributed by atoms with Crippen LogP contribution in [0.3, 0.4) is 0 Å². The highest BCUT2D eigenvalue weighted by Gasteiger charge is 2.38. The van der Waals surface area contributed by atoms with Crippen LogP contribution in [0, 0.1) is 0 Å². The number of benzene rings is 2. The van der Waals surface area contributed by atoms with Crippen LogP contribution in [0.4, 0.5) is 0 Å². The Hall–Kier alpha value is -2.40. The van der Waals surface area contributed by atoms with Gasteiger partial charge >= 0.3 is 5.97 Å². The molecule has 1 amide bonds. The molecule has 2 atom stereocenters. The molecule has 114 valence electrons. The predicted molar refractivity (Wildman–Crippen MR) is 81.4 cm³/mol. The first-order valence-electron chi connectivity index (χ1n) is 7.22. The van der Waals surface area contributed by atoms with Crippen LogP contribution in [-0.4, -0.2) is 45.7 Å². The summed E-state index contributed by atoms with van der Waals surface area (Å²) in [4.78, 5) is 24.8. The highest BCUT2D eigenvalue weighted by molar-refractivity contribution is 5.88. The molecule has 1 heterocycles. The Balaban J connectivity index is 1.79. The summed E-state index contributed by atoms with van der Waals surface area (Å²) in [6.45, 7) is 0.0867. The zero-order valence-corrected chi connectivity index (χ0v) is 12.0. The number of carbonyl (C=O) groups is 2. The Morgan fingerprint density at radius 2 is 1.86 bits per heavy atom. The Bertz CT molecular complexity index is 727. The van der Waals surface area contributed by atoms with E-state index in [1.54, 1.807) is 0 Å². The summed E-state index contributed by atoms with van der Waals surface area (Å²) in [5.41, 5.74) is 0.842. The number of rotatable bonds is 3. The van der Waals surface area contributed by atoms with Crippen LogP contribution < -0.4 is 0 Å². The third kappa shape index (κ3) is 2.80. The molecule has 0 unspecified atom stereocenters. The lowest BCUT2D eigenvalue weighted by Gasteiger charge is -2.21. The Labute approximate surface area is 127 Å². The zero-order valence-electron chi connectivity index (χ0n) is 12.0. The van der Waals surface area contributed by atoms with Crippen molar-refractivity contribution in [1.29, 1.82) is 0 Å². The Morgan fingerprint density at radius 3 is 2.59 bits per heavy atom. The maximum Gasteiger partial charge on any atom is 0.326 e. The Kier molecular flexibility index (Phi) is 3.81. The van der Waals surface area contributed by atoms with Gasteiger partial charge in [0.15, 0.2) is 0 Å². The molecule has 1 saturated heterocycles. The van der Waals surface area contributed by atoms with Gasteiger partial charge in [0.1, 0.15) is 6.04 Å². The molecule has 2 aromatic carbocycles. The van der Waals surface area contributed by atoms with E-state index in [0.29, 0.717) is 0 Å². The van der Waals surface area contributed by atoms with E-state index in [2.05, 4.69) is 0 Å². The number of hydrogen-bond donors (Lipinski definition) is 2. The minimum Gasteiger partial charge on any atom is -0.480 e. The van der Waals surface area contributed by atoms with Gasteiger partial charge in [-0.05, 0) is 16.3 Å². The molecule has 1 aliphatic rings. The van der Waals surface area contributed by atoms with Crippen molar-refractivity contribution >= 4 is 22.6 Å². The van der Waals surface area contributed by atoms with Gasteiger partial charge in [-0.15, -0.1) is 0 Å². The highest BCUT2D eigenvalue weighted by Crippen LogP contribution is 2.21. The molecule has 1 aliphatic heterocycles. The van der Waals surface area contributed by atoms with Crippen molar-refractivity contribution < 1.29 is 19.8 Å². The first kappa shape index (κ1) is 14.5. The van der Waals surface area contributed by atoms with E-state index in [9.17, 15) is 14.7 Å². The molecule has 0 bridgehead atoms. The Morgan fingerprint density at radius 1 is 1.14 bits per heavy atom. The molecular formula is C17H17NO4. The van der Waals surface area contributed by atoms with Crippen molar-refractivity contribution in [2.45, 2.75) is 25.0 Å². The fourth-order valence-corrected chi connectivity index (χ4v) is 2.95. The molecule has 0 aliphatic carbocycles. The summed E-state index contributed by atoms with van der Waals surface area (Å²) in [7, 11) is 0. The standard InChI is InChI=1S/C17H17NO4/c19-14-9-15(17(21)22)18(10-14)16(20)8-11-5-6-12-3-1-2-4-13(12)7-11/h1-7,14-15,19H,8-10H2,(H,21,22)/t14-,15-/m0/s1. The molecule has 5 heteroatoms. The number of likely N-dealkylation sites (tertiary alicyclic amines) is 1. The number of nitrogens with zero attached hydrogens (tertiary/aromatic N) is 1. The largest absolute Gasteiger partial charge is 0.480 e. The molecule has 0 radical (unpaired) electrons. The maximum atomic E-state index is 12.4. The minimum atomic E-state index is -1.07. The summed E-state index contributed by atoms with van der Waals surface area (Å²) < 4.78 is 0. The lowest BCUT2D eigenvalue weighted by Crippen LogP contribution is -2.41. The molecule has 5 nitrogen and oxygen atoms in total. The van der Waals surface area contributed by atoms with Gasteiger partial charge in [0.25, 0.3) is 0 Å². The van der Waals surface area contributed by atoms with Crippen molar-refractivity contribution in [3.63, 3.8) is 0 Å². The van der Waals surface area contributed by atoms with Gasteiger partial charge < -0.3 is 15.1 Å². The lowest BCUT2D eigenvalue weighted by atomic mass is 10.0. The quantitative estimate of drug-likeness (QED) is 0.898. The van der Waals surface area contributed by atoms with E-state index in [0.717, 1.165) is 16.3 Å². The summed E-state index contributed by atoms with van der Waals surface area (Å²) in [6.07, 6.45) is -0.526. The second kappa shape index (κ2) is 5.77. The number of amides is 1. The average Bonchev–Trinajstić information content (AvgIpc) is 2.89. The molecule has 2 aromatic rings. The number of β-amino-alcohol motifs (C(OH)–C–C–N with tert-alkyl or cyclic N) is 1. The van der Waals surface area contributed by atoms with Crippen LogP contribution in [-0.2, 0) is 16.0 Å². The zero-order chi connectivity index (χ0) is 15.7. The number of carboxylic acids is 1. The van der Waals surface area contributed by atoms with Crippen molar-refractivity contribution in [2.75, 3.05) is 6.54 Å². The highest BCUT2D eigenvalue weighted by atomic mass is 16.4. The fraction of sp³-hybridized carbons (Fsp3) is 0.294. The summed E-state index contributed by atoms with van der Waals surface area (Å²) in [6, 6.07) is 12.7. The van der Waals surface area contributed by atoms with Gasteiger partial charge in [0, 0.05) is 13.0 Å². The molecule has 3 rings (SSSR count). The number of carboxylic acid groups (broad SMARTS) is 1. The fourth-order valence-electron chi connectivity index (χ4n) is 2.95. The molecule has 1 fully saturated rings. The molecular weight excluding hydrogens is 282 g/mol. The normalized spacial score (nSPS) is 21.2. The van der Waals surface area contributed by atoms with Gasteiger partial charge in [-0.3, -0.25) is 4.79 Å². The van der Waals surface area contributed by atoms with E-state index >= 15 is 0 Å². The third-order valence-corrected chi connectivity index (χ3v) is 4.05. The first-order valence-corrected chi connectivity index (χ1v) is 7.22. The van der Waals surface area contributed by atoms with Gasteiger partial charge in [0.2, 0.25) is 5.91 Å². The van der Waals surface area contributed by atoms with Crippen molar-refractivity contribution in [3.05, 3.63) is 48.0 Å². The van der Waals surface area contributed by atoms with E-state index in [1.165, 1.54) is 4.90 Å². The number of aliphatic hydroxyl groups is 1. The third-order valence-electron chi connectivity index (χ3n) is 4.05. The molecule has 0 spiro atoms. The molecule has 2 N–H and O–H groups in total. The van der Waals surface area contributed by atoms with E-state index in [-0.39, 0.29) is 25.3 Å². The van der Waals surface area contributed by atoms with Crippen LogP contribution in [0.5, 0.6) is 0 Å². The topological polar surface area (TPSA) is 77.8 Å². The van der Waals surface area contributed by atoms with E-state index < -0.39 is 18.1 Å². The summed E-state index contributed by atoms with van der Waals surface area (Å²) in [5, 5.41) is 20.9. The van der Waals surface area contributed by atoms with Crippen molar-refractivity contribution in [3.8, 4) is 0 Å². The van der Waals surface area contributed by atoms with Gasteiger partial charge in [-0.25, -0.2) is 4.79 Å². The van der Waals surface area contributed by atoms with Crippen LogP contribution in [0.15, 0.2) is 42.5 Å². The number of aliphatic carboxylic acids is 1. The van der Waals surface area contributed by atoms with Crippen molar-refractivity contribution in [2.24, 2.45) is 0 Å². The van der Waals surface area contributed by atoms with Gasteiger partial charge in [-0.1, -0.05) is 42.5 Å². The second-order valence-electron chi connectivity index (χ2n) is 5.65. The monoisotopic (exact) mass is 299 g/mol. The van der Waals surface area contributed by atoms with Gasteiger partial charge in [0.05, 0.1) is 12.5 Å². The van der Waals surface area contributed by atoms with Crippen LogP contribution in [0.2, 0.25) is 0 Å². The average molecular weight is 299 g/mol. The number of hydrogen-bond acceptors (Lipinski definition) is 3. The number of aliphatic hydroxyl groups excluding tert-OH is 1. The summed E-state index contributed by atoms with van der Waals surface area (Å²) >= 11 is 0. The van der Waals surface area contributed by atoms with Crippen LogP contribution in [0.25, 0.3) is 10.8 Å². The lowest BCUT2D eigenvalue weighted by molar-refractivity contribution is -0.148. The SMILES string of the molecule is O=C(O)[C@@H]1C[C@H](O)CN1C(=O)Cc1ccc2ccccc2c1. The maximum absolute atomic E-state index is 12.4. The van der Waals surface area contributed by atoms with E-state index in [1.807, 2.05) is 42.5 Å². The molecule has 0 aromatic heterocycles. The van der Waals surface area contributed by atoms with Gasteiger partial charge in [-0.2, -0.15) is 0 Å². The second-order valence-corrected chi connectivity index (χ2v) is 5.65. The molecule has 22 heavy (non-hydrogen) atoms. The van der Waals surface area contributed by atoms with Crippen molar-refractivity contribution in [1.82, 2.24) is 4.90 Å². The minimum absolute atomic E-state index is 0.0867. The van der Waals surface area contributed by atoms with Crippen LogP contribution >= 0.6 is 0 Å². The van der Waals surface area contributed by atoms with Crippen LogP contribution in [0.1, 0.15) is 12.0 Å². The molecule has 0 saturated carbocycles. The smallest absolute Gasteiger partial charge is 0.326 e. The number of carbonyl (C=O) groups excluding carboxylic acids is 1. The first-order chi connectivity index (χ1) is 10.5. The number of fused-ring (bicyclic) bond motifs is 1. The van der Waals surface area contributed by atoms with E-state index in [4.69, 9.17) is 5.11 Å². The summed E-state index contributed by atoms with van der Waals surface area (Å²) in [5.74, 6) is -1.33. The predicted octanol–water partition coefficient (Wildman–Crippen LogP) is 1.43.